The summed E-state index contributed by atoms with van der Waals surface area (Å²) in [5.41, 5.74) is -5.80. The van der Waals surface area contributed by atoms with Crippen LogP contribution in [-0.4, -0.2) is 125 Å². The number of halogens is 1. The van der Waals surface area contributed by atoms with Crippen molar-refractivity contribution in [2.24, 2.45) is 23.2 Å². The number of Topliss-reactive ketones (excluding diaryl/α,β-unsaturated/α-hetero) is 2. The van der Waals surface area contributed by atoms with Crippen molar-refractivity contribution in [1.29, 1.82) is 0 Å². The molecule has 6 rings (SSSR count). The van der Waals surface area contributed by atoms with E-state index in [2.05, 4.69) is 10.3 Å². The second kappa shape index (κ2) is 16.4. The second-order valence-electron chi connectivity index (χ2n) is 17.9. The number of cyclic esters (lactones) is 1. The number of nitrogens with one attached hydrogen (secondary N) is 1. The monoisotopic (exact) mass is 809 g/mol. The third-order valence-electron chi connectivity index (χ3n) is 13.2. The smallest absolute Gasteiger partial charge is 0.351 e. The van der Waals surface area contributed by atoms with E-state index in [1.54, 1.807) is 46.9 Å². The summed E-state index contributed by atoms with van der Waals surface area (Å²) in [6, 6.07) is 8.45. The number of pyridine rings is 1. The average Bonchev–Trinajstić information content (AvgIpc) is 3.68. The number of esters is 2. The highest BCUT2D eigenvalue weighted by atomic mass is 19.1. The molecule has 2 aromatic rings. The Morgan fingerprint density at radius 3 is 2.47 bits per heavy atom. The van der Waals surface area contributed by atoms with Crippen molar-refractivity contribution >= 4 is 40.5 Å². The number of rotatable bonds is 8. The van der Waals surface area contributed by atoms with E-state index in [1.165, 1.54) is 6.92 Å². The fourth-order valence-corrected chi connectivity index (χ4v) is 10.2. The van der Waals surface area contributed by atoms with Gasteiger partial charge in [0.1, 0.15) is 24.0 Å². The summed E-state index contributed by atoms with van der Waals surface area (Å²) in [5.74, 6) is -6.38. The van der Waals surface area contributed by atoms with E-state index in [1.807, 2.05) is 62.3 Å². The van der Waals surface area contributed by atoms with E-state index in [-0.39, 0.29) is 43.9 Å². The number of ketones is 2. The molecule has 14 atom stereocenters. The Bertz CT molecular complexity index is 1920. The van der Waals surface area contributed by atoms with Crippen molar-refractivity contribution in [2.45, 2.75) is 134 Å². The van der Waals surface area contributed by atoms with Gasteiger partial charge in [-0.05, 0) is 78.7 Å². The maximum absolute atomic E-state index is 17.0. The Balaban J connectivity index is 1.44. The van der Waals surface area contributed by atoms with Crippen LogP contribution in [0.3, 0.4) is 0 Å². The van der Waals surface area contributed by atoms with Gasteiger partial charge in [-0.1, -0.05) is 58.0 Å². The van der Waals surface area contributed by atoms with Crippen LogP contribution in [0.5, 0.6) is 0 Å². The predicted molar refractivity (Wildman–Crippen MR) is 213 cm³/mol. The second-order valence-corrected chi connectivity index (χ2v) is 17.9. The van der Waals surface area contributed by atoms with Crippen molar-refractivity contribution in [3.63, 3.8) is 0 Å². The van der Waals surface area contributed by atoms with Crippen LogP contribution in [0.4, 0.5) is 4.39 Å². The highest BCUT2D eigenvalue weighted by molar-refractivity contribution is 6.08. The van der Waals surface area contributed by atoms with Gasteiger partial charge in [-0.25, -0.2) is 9.18 Å². The molecular weight excluding hydrogens is 749 g/mol. The minimum atomic E-state index is -3.19. The SMILES string of the molecule is CC[C@H]1OC(=O)[C@@](C)(F)C(=O)[C@H](C)[C@@H](O[C@@H]2O[C@H](C)C[C@H](N(C)C)[C@H]2O)[C@@](C)(OC/C=C/c2cnc3ccccc3c2)C[C@@H](C)C(=O)C2(C)CNC3C(=O)O[C@@]1(C)C32. The topological polar surface area (TPSA) is 163 Å². The Morgan fingerprint density at radius 2 is 1.78 bits per heavy atom. The number of ether oxygens (including phenoxy) is 5. The van der Waals surface area contributed by atoms with Crippen LogP contribution >= 0.6 is 0 Å². The number of nitrogens with zero attached hydrogens (tertiary/aromatic N) is 2. The van der Waals surface area contributed by atoms with E-state index < -0.39 is 88.4 Å². The van der Waals surface area contributed by atoms with Gasteiger partial charge in [0, 0.05) is 47.3 Å². The fraction of sp³-hybridized carbons (Fsp3) is 0.659. The average molecular weight is 810 g/mol. The molecule has 2 N–H and O–H groups in total. The molecule has 4 aliphatic rings. The zero-order valence-electron chi connectivity index (χ0n) is 35.3. The molecule has 5 heterocycles. The third-order valence-corrected chi connectivity index (χ3v) is 13.2. The number of aliphatic hydroxyl groups excluding tert-OH is 1. The summed E-state index contributed by atoms with van der Waals surface area (Å²) < 4.78 is 48.3. The highest BCUT2D eigenvalue weighted by Gasteiger charge is 2.69. The summed E-state index contributed by atoms with van der Waals surface area (Å²) in [6.07, 6.45) is 0.544. The van der Waals surface area contributed by atoms with Crippen LogP contribution in [0, 0.1) is 23.2 Å². The number of likely N-dealkylation sites (N-methyl/N-ethyl adjacent to an activating group) is 1. The number of carbonyl (C=O) groups excluding carboxylic acids is 4. The number of hydrogen-bond donors (Lipinski definition) is 2. The summed E-state index contributed by atoms with van der Waals surface area (Å²) in [6.45, 7) is 12.8. The maximum Gasteiger partial charge on any atom is 0.351 e. The zero-order chi connectivity index (χ0) is 42.5. The number of alkyl halides is 1. The molecule has 4 fully saturated rings. The Labute approximate surface area is 340 Å². The van der Waals surface area contributed by atoms with Crippen molar-refractivity contribution in [1.82, 2.24) is 15.2 Å². The molecule has 0 spiro atoms. The molecule has 3 unspecified atom stereocenters. The number of carbonyl (C=O) groups is 4. The number of benzene rings is 1. The first-order valence-corrected chi connectivity index (χ1v) is 20.4. The van der Waals surface area contributed by atoms with Crippen molar-refractivity contribution < 1.29 is 52.4 Å². The van der Waals surface area contributed by atoms with E-state index in [0.29, 0.717) is 6.42 Å². The summed E-state index contributed by atoms with van der Waals surface area (Å²) >= 11 is 0. The molecule has 0 amide bonds. The minimum Gasteiger partial charge on any atom is -0.455 e. The van der Waals surface area contributed by atoms with Gasteiger partial charge < -0.3 is 39.0 Å². The number of aromatic nitrogens is 1. The third kappa shape index (κ3) is 7.88. The van der Waals surface area contributed by atoms with Gasteiger partial charge in [0.15, 0.2) is 17.7 Å². The lowest BCUT2D eigenvalue weighted by Crippen LogP contribution is -2.61. The van der Waals surface area contributed by atoms with Gasteiger partial charge >= 0.3 is 11.9 Å². The lowest BCUT2D eigenvalue weighted by Gasteiger charge is -2.48. The molecule has 0 bridgehead atoms. The van der Waals surface area contributed by atoms with Crippen LogP contribution in [-0.2, 0) is 42.9 Å². The zero-order valence-corrected chi connectivity index (χ0v) is 35.3. The fourth-order valence-electron chi connectivity index (χ4n) is 10.2. The summed E-state index contributed by atoms with van der Waals surface area (Å²) in [7, 11) is 3.66. The molecule has 14 heteroatoms. The lowest BCUT2D eigenvalue weighted by atomic mass is 9.62. The minimum absolute atomic E-state index is 0.0296. The van der Waals surface area contributed by atoms with Gasteiger partial charge in [0.05, 0.1) is 29.9 Å². The van der Waals surface area contributed by atoms with Crippen LogP contribution in [0.2, 0.25) is 0 Å². The van der Waals surface area contributed by atoms with Crippen LogP contribution in [0.25, 0.3) is 17.0 Å². The van der Waals surface area contributed by atoms with Crippen molar-refractivity contribution in [3.05, 3.63) is 48.2 Å². The van der Waals surface area contributed by atoms with Crippen LogP contribution in [0.1, 0.15) is 80.2 Å². The first kappa shape index (κ1) is 43.9. The van der Waals surface area contributed by atoms with Gasteiger partial charge in [0.2, 0.25) is 0 Å². The Hall–Kier alpha value is -3.66. The largest absolute Gasteiger partial charge is 0.455 e. The normalized spacial score (nSPS) is 41.5. The van der Waals surface area contributed by atoms with Gasteiger partial charge in [0.25, 0.3) is 5.67 Å². The predicted octanol–water partition coefficient (Wildman–Crippen LogP) is 4.61. The van der Waals surface area contributed by atoms with Gasteiger partial charge in [-0.2, -0.15) is 0 Å². The van der Waals surface area contributed by atoms with Gasteiger partial charge in [-0.15, -0.1) is 0 Å². The molecule has 1 aromatic heterocycles. The first-order valence-electron chi connectivity index (χ1n) is 20.4. The molecule has 13 nitrogen and oxygen atoms in total. The molecule has 0 aliphatic carbocycles. The molecule has 58 heavy (non-hydrogen) atoms. The first-order chi connectivity index (χ1) is 27.2. The molecule has 4 aliphatic heterocycles. The summed E-state index contributed by atoms with van der Waals surface area (Å²) in [5, 5.41) is 15.8. The number of para-hydroxylation sites is 1. The molecule has 0 radical (unpaired) electrons. The number of fused-ring (bicyclic) bond motifs is 1. The lowest BCUT2D eigenvalue weighted by molar-refractivity contribution is -0.297. The highest BCUT2D eigenvalue weighted by Crippen LogP contribution is 2.53. The van der Waals surface area contributed by atoms with Gasteiger partial charge in [-0.3, -0.25) is 19.4 Å². The number of aliphatic hydroxyl groups is 1. The van der Waals surface area contributed by atoms with E-state index >= 15 is 4.39 Å². The van der Waals surface area contributed by atoms with Crippen molar-refractivity contribution in [3.8, 4) is 0 Å². The Morgan fingerprint density at radius 1 is 1.07 bits per heavy atom. The summed E-state index contributed by atoms with van der Waals surface area (Å²) in [4.78, 5) is 63.1. The van der Waals surface area contributed by atoms with E-state index in [0.717, 1.165) is 23.4 Å². The molecule has 4 saturated heterocycles. The van der Waals surface area contributed by atoms with Crippen molar-refractivity contribution in [2.75, 3.05) is 27.2 Å². The quantitative estimate of drug-likeness (QED) is 0.281. The van der Waals surface area contributed by atoms with Crippen LogP contribution < -0.4 is 5.32 Å². The maximum atomic E-state index is 17.0. The number of hydrogen-bond acceptors (Lipinski definition) is 13. The molecule has 0 saturated carbocycles. The van der Waals surface area contributed by atoms with E-state index in [4.69, 9.17) is 23.7 Å². The molecular formula is C44H60FN3O10. The van der Waals surface area contributed by atoms with Crippen LogP contribution in [0.15, 0.2) is 42.6 Å². The molecule has 1 aromatic carbocycles. The van der Waals surface area contributed by atoms with E-state index in [9.17, 15) is 24.3 Å². The standard InChI is InChI=1S/C44H60FN3O10/c1-11-31-44(8)34-32(38(52)58-44)47-23-41(34,5)35(50)24(2)21-42(6,54-18-14-15-27-20-28-16-12-13-17-29(28)46-22-27)37(26(4)36(51)43(7,45)40(53)56-31)57-39-33(49)30(48(9)10)19-25(3)55-39/h12-17,20,22,24-26,30-34,37,39,47,49H,11,18-19,21,23H2,1-10H3/b15-14+/t24-,25-,26+,30+,31-,32?,33-,34?,37-,39+,41?,42+,43+,44-/m1/s1. The molecule has 318 valence electrons. The Kier molecular flexibility index (Phi) is 12.4.